The summed E-state index contributed by atoms with van der Waals surface area (Å²) in [6, 6.07) is 1.71. The van der Waals surface area contributed by atoms with Gasteiger partial charge in [-0.2, -0.15) is 5.10 Å². The third-order valence-electron chi connectivity index (χ3n) is 3.50. The highest BCUT2D eigenvalue weighted by Gasteiger charge is 2.25. The van der Waals surface area contributed by atoms with Crippen molar-refractivity contribution in [1.82, 2.24) is 14.8 Å². The summed E-state index contributed by atoms with van der Waals surface area (Å²) in [5.74, 6) is 0.747. The van der Waals surface area contributed by atoms with E-state index in [0.717, 1.165) is 24.5 Å². The molecule has 3 rings (SSSR count). The van der Waals surface area contributed by atoms with Gasteiger partial charge in [-0.25, -0.2) is 4.98 Å². The Kier molecular flexibility index (Phi) is 4.33. The Bertz CT molecular complexity index is 631. The molecule has 1 aliphatic heterocycles. The fourth-order valence-corrected chi connectivity index (χ4v) is 2.90. The molecule has 112 valence electrons. The quantitative estimate of drug-likeness (QED) is 0.868. The van der Waals surface area contributed by atoms with E-state index in [9.17, 15) is 0 Å². The molecule has 7 heteroatoms. The van der Waals surface area contributed by atoms with Gasteiger partial charge in [0.05, 0.1) is 29.4 Å². The molecule has 1 fully saturated rings. The Balaban J connectivity index is 1.79. The lowest BCUT2D eigenvalue weighted by molar-refractivity contribution is 0.0395. The Labute approximate surface area is 133 Å². The van der Waals surface area contributed by atoms with Crippen molar-refractivity contribution in [2.45, 2.75) is 19.6 Å². The number of morpholine rings is 1. The van der Waals surface area contributed by atoms with Crippen molar-refractivity contribution in [2.24, 2.45) is 0 Å². The molecule has 0 N–H and O–H groups in total. The highest BCUT2D eigenvalue weighted by atomic mass is 35.5. The van der Waals surface area contributed by atoms with Gasteiger partial charge in [0.25, 0.3) is 0 Å². The number of halogens is 2. The van der Waals surface area contributed by atoms with Crippen LogP contribution in [0.25, 0.3) is 0 Å². The number of aromatic nitrogens is 3. The first-order chi connectivity index (χ1) is 10.2. The molecule has 2 aromatic rings. The number of anilines is 1. The van der Waals surface area contributed by atoms with E-state index in [1.54, 1.807) is 12.3 Å². The second-order valence-electron chi connectivity index (χ2n) is 4.89. The van der Waals surface area contributed by atoms with Gasteiger partial charge in [0, 0.05) is 31.0 Å². The molecule has 0 bridgehead atoms. The second-order valence-corrected chi connectivity index (χ2v) is 5.74. The third kappa shape index (κ3) is 3.15. The van der Waals surface area contributed by atoms with Crippen LogP contribution in [0.2, 0.25) is 10.0 Å². The van der Waals surface area contributed by atoms with Crippen LogP contribution < -0.4 is 4.90 Å². The van der Waals surface area contributed by atoms with Gasteiger partial charge in [-0.3, -0.25) is 4.68 Å². The van der Waals surface area contributed by atoms with Crippen molar-refractivity contribution >= 4 is 29.0 Å². The van der Waals surface area contributed by atoms with Crippen molar-refractivity contribution in [3.63, 3.8) is 0 Å². The average molecular weight is 327 g/mol. The number of aryl methyl sites for hydroxylation is 1. The maximum Gasteiger partial charge on any atom is 0.147 e. The smallest absolute Gasteiger partial charge is 0.147 e. The van der Waals surface area contributed by atoms with Gasteiger partial charge in [0.2, 0.25) is 0 Å². The summed E-state index contributed by atoms with van der Waals surface area (Å²) in [4.78, 5) is 6.46. The molecule has 5 nitrogen and oxygen atoms in total. The Morgan fingerprint density at radius 3 is 2.95 bits per heavy atom. The minimum atomic E-state index is -0.0207. The first-order valence-electron chi connectivity index (χ1n) is 6.87. The fraction of sp³-hybridized carbons (Fsp3) is 0.429. The lowest BCUT2D eigenvalue weighted by Crippen LogP contribution is -2.38. The van der Waals surface area contributed by atoms with E-state index in [2.05, 4.69) is 21.9 Å². The molecule has 0 amide bonds. The summed E-state index contributed by atoms with van der Waals surface area (Å²) in [5.41, 5.74) is 1.08. The summed E-state index contributed by atoms with van der Waals surface area (Å²) in [5, 5.41) is 5.40. The minimum Gasteiger partial charge on any atom is -0.370 e. The number of hydrogen-bond acceptors (Lipinski definition) is 4. The molecule has 2 aromatic heterocycles. The number of hydrogen-bond donors (Lipinski definition) is 0. The molecule has 0 radical (unpaired) electrons. The van der Waals surface area contributed by atoms with Crippen molar-refractivity contribution in [2.75, 3.05) is 24.6 Å². The SMILES string of the molecule is CCn1cc([C@@H]2CN(c3ncc(Cl)cc3Cl)CCO2)cn1. The van der Waals surface area contributed by atoms with Crippen LogP contribution in [0.4, 0.5) is 5.82 Å². The molecular weight excluding hydrogens is 311 g/mol. The number of ether oxygens (including phenoxy) is 1. The number of nitrogens with zero attached hydrogens (tertiary/aromatic N) is 4. The molecular formula is C14H16Cl2N4O. The van der Waals surface area contributed by atoms with Gasteiger partial charge in [-0.1, -0.05) is 23.2 Å². The zero-order chi connectivity index (χ0) is 14.8. The summed E-state index contributed by atoms with van der Waals surface area (Å²) in [7, 11) is 0. The normalized spacial score (nSPS) is 19.0. The molecule has 0 saturated carbocycles. The highest BCUT2D eigenvalue weighted by molar-refractivity contribution is 6.36. The molecule has 1 aliphatic rings. The van der Waals surface area contributed by atoms with E-state index in [-0.39, 0.29) is 6.10 Å². The molecule has 21 heavy (non-hydrogen) atoms. The predicted molar refractivity (Wildman–Crippen MR) is 83.1 cm³/mol. The van der Waals surface area contributed by atoms with E-state index in [4.69, 9.17) is 27.9 Å². The van der Waals surface area contributed by atoms with Crippen LogP contribution in [0.1, 0.15) is 18.6 Å². The van der Waals surface area contributed by atoms with E-state index in [1.807, 2.05) is 17.1 Å². The zero-order valence-electron chi connectivity index (χ0n) is 11.7. The Morgan fingerprint density at radius 1 is 1.38 bits per heavy atom. The molecule has 0 spiro atoms. The van der Waals surface area contributed by atoms with Crippen LogP contribution in [0.5, 0.6) is 0 Å². The molecule has 0 aromatic carbocycles. The average Bonchev–Trinajstić information content (AvgIpc) is 2.96. The van der Waals surface area contributed by atoms with Crippen molar-refractivity contribution < 1.29 is 4.74 Å². The zero-order valence-corrected chi connectivity index (χ0v) is 13.2. The van der Waals surface area contributed by atoms with Gasteiger partial charge in [0.1, 0.15) is 11.9 Å². The van der Waals surface area contributed by atoms with Crippen LogP contribution in [-0.4, -0.2) is 34.5 Å². The highest BCUT2D eigenvalue weighted by Crippen LogP contribution is 2.30. The lowest BCUT2D eigenvalue weighted by Gasteiger charge is -2.33. The van der Waals surface area contributed by atoms with Crippen LogP contribution in [0.15, 0.2) is 24.7 Å². The van der Waals surface area contributed by atoms with Crippen LogP contribution in [0, 0.1) is 0 Å². The van der Waals surface area contributed by atoms with Crippen molar-refractivity contribution in [3.05, 3.63) is 40.3 Å². The predicted octanol–water partition coefficient (Wildman–Crippen LogP) is 3.18. The maximum absolute atomic E-state index is 6.24. The van der Waals surface area contributed by atoms with Crippen molar-refractivity contribution in [1.29, 1.82) is 0 Å². The summed E-state index contributed by atoms with van der Waals surface area (Å²) >= 11 is 12.1. The topological polar surface area (TPSA) is 43.2 Å². The lowest BCUT2D eigenvalue weighted by atomic mass is 10.1. The summed E-state index contributed by atoms with van der Waals surface area (Å²) < 4.78 is 7.74. The van der Waals surface area contributed by atoms with Crippen LogP contribution >= 0.6 is 23.2 Å². The van der Waals surface area contributed by atoms with E-state index in [0.29, 0.717) is 23.2 Å². The van der Waals surface area contributed by atoms with Gasteiger partial charge in [0.15, 0.2) is 0 Å². The van der Waals surface area contributed by atoms with Crippen molar-refractivity contribution in [3.8, 4) is 0 Å². The summed E-state index contributed by atoms with van der Waals surface area (Å²) in [6.45, 7) is 4.99. The van der Waals surface area contributed by atoms with E-state index in [1.165, 1.54) is 0 Å². The minimum absolute atomic E-state index is 0.0207. The monoisotopic (exact) mass is 326 g/mol. The van der Waals surface area contributed by atoms with Crippen LogP contribution in [0.3, 0.4) is 0 Å². The molecule has 3 heterocycles. The third-order valence-corrected chi connectivity index (χ3v) is 3.99. The van der Waals surface area contributed by atoms with Gasteiger partial charge in [-0.15, -0.1) is 0 Å². The Morgan fingerprint density at radius 2 is 2.24 bits per heavy atom. The van der Waals surface area contributed by atoms with Crippen LogP contribution in [-0.2, 0) is 11.3 Å². The molecule has 1 atom stereocenters. The standard InChI is InChI=1S/C14H16Cl2N4O/c1-2-20-8-10(6-18-20)13-9-19(3-4-21-13)14-12(16)5-11(15)7-17-14/h5-8,13H,2-4,9H2,1H3/t13-/m0/s1. The summed E-state index contributed by atoms with van der Waals surface area (Å²) in [6.07, 6.45) is 5.47. The molecule has 1 saturated heterocycles. The fourth-order valence-electron chi connectivity index (χ4n) is 2.40. The van der Waals surface area contributed by atoms with Gasteiger partial charge in [-0.05, 0) is 13.0 Å². The van der Waals surface area contributed by atoms with Gasteiger partial charge < -0.3 is 9.64 Å². The number of pyridine rings is 1. The molecule has 0 aliphatic carbocycles. The Hall–Kier alpha value is -1.30. The first-order valence-corrected chi connectivity index (χ1v) is 7.63. The first kappa shape index (κ1) is 14.6. The van der Waals surface area contributed by atoms with Gasteiger partial charge >= 0.3 is 0 Å². The number of rotatable bonds is 3. The largest absolute Gasteiger partial charge is 0.370 e. The second kappa shape index (κ2) is 6.22. The molecule has 0 unspecified atom stereocenters. The van der Waals surface area contributed by atoms with E-state index >= 15 is 0 Å². The van der Waals surface area contributed by atoms with E-state index < -0.39 is 0 Å². The maximum atomic E-state index is 6.24.